The van der Waals surface area contributed by atoms with E-state index in [-0.39, 0.29) is 5.75 Å². The Kier molecular flexibility index (Phi) is 4.07. The van der Waals surface area contributed by atoms with E-state index in [2.05, 4.69) is 5.32 Å². The Bertz CT molecular complexity index is 419. The Morgan fingerprint density at radius 2 is 2.18 bits per heavy atom. The fourth-order valence-corrected chi connectivity index (χ4v) is 1.23. The van der Waals surface area contributed by atoms with Gasteiger partial charge < -0.3 is 10.5 Å². The van der Waals surface area contributed by atoms with Gasteiger partial charge in [0.25, 0.3) is 0 Å². The summed E-state index contributed by atoms with van der Waals surface area (Å²) in [5.74, 6) is -0.682. The van der Waals surface area contributed by atoms with Crippen molar-refractivity contribution in [1.29, 1.82) is 0 Å². The first-order chi connectivity index (χ1) is 7.86. The Balaban J connectivity index is 2.71. The highest BCUT2D eigenvalue weighted by Gasteiger charge is 2.23. The number of nitrogens with one attached hydrogen (secondary N) is 1. The number of hydrogen-bond acceptors (Lipinski definition) is 3. The molecule has 0 saturated carbocycles. The number of ether oxygens (including phenoxy) is 1. The van der Waals surface area contributed by atoms with Crippen molar-refractivity contribution in [3.8, 4) is 5.75 Å². The molecule has 0 fully saturated rings. The van der Waals surface area contributed by atoms with E-state index in [1.54, 1.807) is 26.0 Å². The summed E-state index contributed by atoms with van der Waals surface area (Å²) >= 11 is 0. The first-order valence-electron chi connectivity index (χ1n) is 5.24. The van der Waals surface area contributed by atoms with Gasteiger partial charge in [-0.25, -0.2) is 4.39 Å². The third-order valence-electron chi connectivity index (χ3n) is 2.57. The average Bonchev–Trinajstić information content (AvgIpc) is 2.26. The van der Waals surface area contributed by atoms with E-state index in [1.165, 1.54) is 13.2 Å². The Morgan fingerprint density at radius 3 is 2.65 bits per heavy atom. The molecular formula is C12H17FN2O2. The highest BCUT2D eigenvalue weighted by Crippen LogP contribution is 2.18. The Morgan fingerprint density at radius 1 is 1.53 bits per heavy atom. The zero-order chi connectivity index (χ0) is 13.1. The molecule has 1 aromatic rings. The molecule has 0 unspecified atom stereocenters. The van der Waals surface area contributed by atoms with Gasteiger partial charge in [0, 0.05) is 6.54 Å². The summed E-state index contributed by atoms with van der Waals surface area (Å²) in [6.45, 7) is 3.71. The van der Waals surface area contributed by atoms with E-state index in [0.29, 0.717) is 6.54 Å². The molecule has 0 aliphatic carbocycles. The molecule has 3 N–H and O–H groups in total. The minimum absolute atomic E-state index is 0.197. The van der Waals surface area contributed by atoms with Gasteiger partial charge in [-0.2, -0.15) is 0 Å². The van der Waals surface area contributed by atoms with Gasteiger partial charge in [-0.15, -0.1) is 0 Å². The third-order valence-corrected chi connectivity index (χ3v) is 2.57. The van der Waals surface area contributed by atoms with Crippen molar-refractivity contribution in [1.82, 2.24) is 5.32 Å². The molecule has 0 bridgehead atoms. The van der Waals surface area contributed by atoms with E-state index < -0.39 is 17.3 Å². The molecule has 0 heterocycles. The molecule has 0 aliphatic heterocycles. The van der Waals surface area contributed by atoms with Crippen LogP contribution in [0.5, 0.6) is 5.75 Å². The summed E-state index contributed by atoms with van der Waals surface area (Å²) in [6.07, 6.45) is 0. The first-order valence-corrected chi connectivity index (χ1v) is 5.24. The second kappa shape index (κ2) is 5.14. The number of amides is 1. The highest BCUT2D eigenvalue weighted by atomic mass is 19.1. The number of carbonyl (C=O) groups excluding carboxylic acids is 1. The maximum atomic E-state index is 13.4. The normalized spacial score (nSPS) is 11.3. The van der Waals surface area contributed by atoms with E-state index in [0.717, 1.165) is 5.56 Å². The second-order valence-corrected chi connectivity index (χ2v) is 4.31. The van der Waals surface area contributed by atoms with Gasteiger partial charge in [-0.1, -0.05) is 6.07 Å². The van der Waals surface area contributed by atoms with Crippen LogP contribution >= 0.6 is 0 Å². The number of nitrogens with two attached hydrogens (primary N) is 1. The number of halogens is 1. The molecule has 0 saturated heterocycles. The number of primary amides is 1. The van der Waals surface area contributed by atoms with Gasteiger partial charge >= 0.3 is 0 Å². The van der Waals surface area contributed by atoms with Crippen molar-refractivity contribution in [3.05, 3.63) is 29.6 Å². The lowest BCUT2D eigenvalue weighted by atomic mass is 10.0. The summed E-state index contributed by atoms with van der Waals surface area (Å²) < 4.78 is 18.2. The fourth-order valence-electron chi connectivity index (χ4n) is 1.23. The smallest absolute Gasteiger partial charge is 0.237 e. The minimum Gasteiger partial charge on any atom is -0.494 e. The Labute approximate surface area is 100.0 Å². The maximum Gasteiger partial charge on any atom is 0.237 e. The van der Waals surface area contributed by atoms with Crippen LogP contribution in [0.4, 0.5) is 4.39 Å². The van der Waals surface area contributed by atoms with Crippen LogP contribution in [0.1, 0.15) is 19.4 Å². The van der Waals surface area contributed by atoms with Crippen LogP contribution in [0.25, 0.3) is 0 Å². The quantitative estimate of drug-likeness (QED) is 0.812. The Hall–Kier alpha value is -1.62. The zero-order valence-electron chi connectivity index (χ0n) is 10.2. The van der Waals surface area contributed by atoms with Crippen LogP contribution in [-0.2, 0) is 11.3 Å². The average molecular weight is 240 g/mol. The molecule has 4 nitrogen and oxygen atoms in total. The first kappa shape index (κ1) is 13.4. The van der Waals surface area contributed by atoms with Crippen molar-refractivity contribution < 1.29 is 13.9 Å². The van der Waals surface area contributed by atoms with Crippen LogP contribution in [0.2, 0.25) is 0 Å². The predicted molar refractivity (Wildman–Crippen MR) is 63.1 cm³/mol. The fraction of sp³-hybridized carbons (Fsp3) is 0.417. The molecule has 1 rings (SSSR count). The third kappa shape index (κ3) is 3.42. The molecule has 0 atom stereocenters. The number of hydrogen-bond donors (Lipinski definition) is 2. The molecule has 0 spiro atoms. The lowest BCUT2D eigenvalue weighted by Gasteiger charge is -2.22. The van der Waals surface area contributed by atoms with Crippen molar-refractivity contribution in [2.75, 3.05) is 7.11 Å². The number of rotatable bonds is 5. The van der Waals surface area contributed by atoms with Gasteiger partial charge in [-0.3, -0.25) is 10.1 Å². The number of carbonyl (C=O) groups is 1. The summed E-state index contributed by atoms with van der Waals surface area (Å²) in [6, 6.07) is 4.64. The minimum atomic E-state index is -0.823. The van der Waals surface area contributed by atoms with E-state index in [1.807, 2.05) is 0 Å². The lowest BCUT2D eigenvalue weighted by molar-refractivity contribution is -0.123. The topological polar surface area (TPSA) is 64.3 Å². The van der Waals surface area contributed by atoms with Crippen molar-refractivity contribution in [3.63, 3.8) is 0 Å². The van der Waals surface area contributed by atoms with Crippen LogP contribution < -0.4 is 15.8 Å². The predicted octanol–water partition coefficient (Wildman–Crippen LogP) is 1.19. The van der Waals surface area contributed by atoms with Crippen LogP contribution in [0, 0.1) is 5.82 Å². The largest absolute Gasteiger partial charge is 0.494 e. The molecule has 94 valence electrons. The SMILES string of the molecule is COc1ccc(CNC(C)(C)C(N)=O)cc1F. The molecule has 1 aromatic carbocycles. The van der Waals surface area contributed by atoms with Gasteiger partial charge in [-0.05, 0) is 31.5 Å². The molecule has 1 amide bonds. The van der Waals surface area contributed by atoms with Gasteiger partial charge in [0.05, 0.1) is 12.6 Å². The summed E-state index contributed by atoms with van der Waals surface area (Å²) in [4.78, 5) is 11.1. The van der Waals surface area contributed by atoms with E-state index in [4.69, 9.17) is 10.5 Å². The lowest BCUT2D eigenvalue weighted by Crippen LogP contribution is -2.50. The molecular weight excluding hydrogens is 223 g/mol. The molecule has 0 aromatic heterocycles. The van der Waals surface area contributed by atoms with Crippen molar-refractivity contribution in [2.45, 2.75) is 25.9 Å². The van der Waals surface area contributed by atoms with Crippen LogP contribution in [0.15, 0.2) is 18.2 Å². The molecule has 5 heteroatoms. The van der Waals surface area contributed by atoms with E-state index >= 15 is 0 Å². The van der Waals surface area contributed by atoms with Gasteiger partial charge in [0.1, 0.15) is 0 Å². The molecule has 0 aliphatic rings. The number of methoxy groups -OCH3 is 1. The van der Waals surface area contributed by atoms with Crippen molar-refractivity contribution in [2.24, 2.45) is 5.73 Å². The standard InChI is InChI=1S/C12H17FN2O2/c1-12(2,11(14)16)15-7-8-4-5-10(17-3)9(13)6-8/h4-6,15H,7H2,1-3H3,(H2,14,16). The summed E-state index contributed by atoms with van der Waals surface area (Å²) in [5.41, 5.74) is 5.11. The maximum absolute atomic E-state index is 13.4. The van der Waals surface area contributed by atoms with Crippen molar-refractivity contribution >= 4 is 5.91 Å². The molecule has 17 heavy (non-hydrogen) atoms. The van der Waals surface area contributed by atoms with Crippen LogP contribution in [0.3, 0.4) is 0 Å². The van der Waals surface area contributed by atoms with Gasteiger partial charge in [0.15, 0.2) is 11.6 Å². The second-order valence-electron chi connectivity index (χ2n) is 4.31. The van der Waals surface area contributed by atoms with Gasteiger partial charge in [0.2, 0.25) is 5.91 Å². The monoisotopic (exact) mass is 240 g/mol. The summed E-state index contributed by atoms with van der Waals surface area (Å²) in [7, 11) is 1.41. The van der Waals surface area contributed by atoms with E-state index in [9.17, 15) is 9.18 Å². The highest BCUT2D eigenvalue weighted by molar-refractivity contribution is 5.83. The zero-order valence-corrected chi connectivity index (χ0v) is 10.2. The van der Waals surface area contributed by atoms with Crippen LogP contribution in [-0.4, -0.2) is 18.6 Å². The number of benzene rings is 1. The molecule has 0 radical (unpaired) electrons. The summed E-state index contributed by atoms with van der Waals surface area (Å²) in [5, 5.41) is 2.96.